The molecule has 4 aromatic carbocycles. The standard InChI is InChI=1S/C33H23N4O2.Pt/c1-35-18-19-36(23-35)30-22-26(21-29-28-14-5-6-15-31(28)39-33(29)30)37(24-10-3-2-4-11-24)25-12-9-13-27(20-25)38-32-16-7-8-17-34-32;/h2-19,21,23H,1H3;/q-3;. The predicted molar refractivity (Wildman–Crippen MR) is 154 cm³/mol. The van der Waals surface area contributed by atoms with Gasteiger partial charge >= 0.3 is 0 Å². The fraction of sp³-hybridized carbons (Fsp3) is 0.0303. The first-order valence-corrected chi connectivity index (χ1v) is 12.6. The third-order valence-electron chi connectivity index (χ3n) is 6.51. The van der Waals surface area contributed by atoms with Crippen LogP contribution in [0.4, 0.5) is 22.7 Å². The molecule has 7 rings (SSSR count). The normalized spacial score (nSPS) is 12.6. The Bertz CT molecular complexity index is 1800. The average Bonchev–Trinajstić information content (AvgIpc) is 3.58. The van der Waals surface area contributed by atoms with Gasteiger partial charge in [-0.15, -0.1) is 30.3 Å². The zero-order valence-corrected chi connectivity index (χ0v) is 23.7. The van der Waals surface area contributed by atoms with Crippen LogP contribution in [0.25, 0.3) is 21.9 Å². The first-order chi connectivity index (χ1) is 19.2. The molecule has 200 valence electrons. The SMILES string of the molecule is CN1C=CN(c2[c-]c(N(c3[c-]c(Oc4ccccn4)ccc3)c3ccccc3)cc3c2oc2ccccc23)[CH-]1.[Pt]. The van der Waals surface area contributed by atoms with Crippen LogP contribution >= 0.6 is 0 Å². The number of aromatic nitrogens is 1. The number of fused-ring (bicyclic) bond motifs is 3. The van der Waals surface area contributed by atoms with Crippen LogP contribution in [0, 0.1) is 18.8 Å². The van der Waals surface area contributed by atoms with Crippen LogP contribution in [-0.4, -0.2) is 16.9 Å². The maximum absolute atomic E-state index is 6.36. The van der Waals surface area contributed by atoms with Crippen molar-refractivity contribution in [2.45, 2.75) is 0 Å². The molecule has 0 amide bonds. The van der Waals surface area contributed by atoms with E-state index in [-0.39, 0.29) is 21.1 Å². The number of furan rings is 1. The van der Waals surface area contributed by atoms with Crippen LogP contribution in [0.2, 0.25) is 0 Å². The number of hydrogen-bond donors (Lipinski definition) is 0. The van der Waals surface area contributed by atoms with Gasteiger partial charge in [-0.1, -0.05) is 64.9 Å². The fourth-order valence-electron chi connectivity index (χ4n) is 4.75. The summed E-state index contributed by atoms with van der Waals surface area (Å²) < 4.78 is 12.4. The molecule has 0 saturated carbocycles. The first-order valence-electron chi connectivity index (χ1n) is 12.6. The van der Waals surface area contributed by atoms with E-state index in [9.17, 15) is 0 Å². The van der Waals surface area contributed by atoms with E-state index in [1.165, 1.54) is 0 Å². The van der Waals surface area contributed by atoms with Gasteiger partial charge in [0.25, 0.3) is 0 Å². The Balaban J connectivity index is 0.00000289. The number of pyridine rings is 1. The summed E-state index contributed by atoms with van der Waals surface area (Å²) in [6.07, 6.45) is 5.70. The van der Waals surface area contributed by atoms with Gasteiger partial charge in [0, 0.05) is 55.7 Å². The summed E-state index contributed by atoms with van der Waals surface area (Å²) >= 11 is 0. The summed E-state index contributed by atoms with van der Waals surface area (Å²) in [4.78, 5) is 10.4. The van der Waals surface area contributed by atoms with Gasteiger partial charge in [-0.2, -0.15) is 12.7 Å². The number of benzene rings is 4. The molecular formula is C33H23N4O2Pt-3. The van der Waals surface area contributed by atoms with Crippen molar-refractivity contribution in [3.63, 3.8) is 0 Å². The van der Waals surface area contributed by atoms with Crippen molar-refractivity contribution in [3.05, 3.63) is 134 Å². The second-order valence-electron chi connectivity index (χ2n) is 9.17. The van der Waals surface area contributed by atoms with Crippen molar-refractivity contribution in [2.75, 3.05) is 16.8 Å². The minimum absolute atomic E-state index is 0. The molecule has 0 unspecified atom stereocenters. The minimum atomic E-state index is 0. The number of hydrogen-bond acceptors (Lipinski definition) is 6. The van der Waals surface area contributed by atoms with Gasteiger partial charge in [-0.05, 0) is 43.7 Å². The van der Waals surface area contributed by atoms with Crippen molar-refractivity contribution in [3.8, 4) is 11.6 Å². The maximum Gasteiger partial charge on any atom is 0.216 e. The van der Waals surface area contributed by atoms with Crippen molar-refractivity contribution in [1.82, 2.24) is 9.88 Å². The van der Waals surface area contributed by atoms with E-state index in [0.717, 1.165) is 44.7 Å². The summed E-state index contributed by atoms with van der Waals surface area (Å²) in [5.74, 6) is 1.08. The van der Waals surface area contributed by atoms with Gasteiger partial charge in [0.15, 0.2) is 0 Å². The number of anilines is 4. The number of para-hydroxylation sites is 2. The second-order valence-corrected chi connectivity index (χ2v) is 9.17. The Hall–Kier alpha value is -4.54. The van der Waals surface area contributed by atoms with E-state index in [4.69, 9.17) is 9.15 Å². The summed E-state index contributed by atoms with van der Waals surface area (Å²) in [6.45, 7) is 2.00. The van der Waals surface area contributed by atoms with Crippen molar-refractivity contribution in [1.29, 1.82) is 0 Å². The minimum Gasteiger partial charge on any atom is -0.514 e. The topological polar surface area (TPSA) is 45.0 Å². The Morgan fingerprint density at radius 1 is 0.825 bits per heavy atom. The summed E-state index contributed by atoms with van der Waals surface area (Å²) in [5.41, 5.74) is 5.05. The molecule has 0 radical (unpaired) electrons. The Labute approximate surface area is 247 Å². The van der Waals surface area contributed by atoms with Crippen LogP contribution in [0.1, 0.15) is 0 Å². The number of rotatable bonds is 6. The van der Waals surface area contributed by atoms with Crippen molar-refractivity contribution >= 4 is 44.7 Å². The fourth-order valence-corrected chi connectivity index (χ4v) is 4.75. The molecule has 0 aliphatic carbocycles. The van der Waals surface area contributed by atoms with Crippen LogP contribution in [0.5, 0.6) is 11.6 Å². The van der Waals surface area contributed by atoms with Crippen LogP contribution in [-0.2, 0) is 21.1 Å². The second kappa shape index (κ2) is 10.9. The Morgan fingerprint density at radius 3 is 2.45 bits per heavy atom. The largest absolute Gasteiger partial charge is 0.514 e. The Morgan fingerprint density at radius 2 is 1.65 bits per heavy atom. The van der Waals surface area contributed by atoms with E-state index >= 15 is 0 Å². The number of ether oxygens (including phenoxy) is 1. The quantitative estimate of drug-likeness (QED) is 0.163. The molecule has 0 N–H and O–H groups in total. The maximum atomic E-state index is 6.36. The predicted octanol–water partition coefficient (Wildman–Crippen LogP) is 8.18. The summed E-state index contributed by atoms with van der Waals surface area (Å²) in [6, 6.07) is 38.9. The van der Waals surface area contributed by atoms with Gasteiger partial charge in [-0.25, -0.2) is 4.98 Å². The molecule has 0 fully saturated rings. The first kappa shape index (κ1) is 25.7. The third kappa shape index (κ3) is 4.83. The van der Waals surface area contributed by atoms with Crippen LogP contribution in [0.3, 0.4) is 0 Å². The average molecular weight is 703 g/mol. The van der Waals surface area contributed by atoms with Crippen LogP contribution in [0.15, 0.2) is 120 Å². The van der Waals surface area contributed by atoms with E-state index in [0.29, 0.717) is 11.6 Å². The van der Waals surface area contributed by atoms with Gasteiger partial charge in [0.2, 0.25) is 5.88 Å². The van der Waals surface area contributed by atoms with E-state index < -0.39 is 0 Å². The van der Waals surface area contributed by atoms with E-state index in [1.807, 2.05) is 109 Å². The number of nitrogens with zero attached hydrogens (tertiary/aromatic N) is 4. The molecule has 7 heteroatoms. The molecule has 1 aliphatic rings. The molecule has 2 aromatic heterocycles. The van der Waals surface area contributed by atoms with Crippen molar-refractivity contribution in [2.24, 2.45) is 0 Å². The van der Waals surface area contributed by atoms with Gasteiger partial charge in [-0.3, -0.25) is 0 Å². The molecule has 3 heterocycles. The van der Waals surface area contributed by atoms with Gasteiger partial charge < -0.3 is 23.9 Å². The molecule has 0 spiro atoms. The zero-order valence-electron chi connectivity index (χ0n) is 21.5. The van der Waals surface area contributed by atoms with Crippen molar-refractivity contribution < 1.29 is 30.2 Å². The summed E-state index contributed by atoms with van der Waals surface area (Å²) in [7, 11) is 1.99. The molecular weight excluding hydrogens is 679 g/mol. The third-order valence-corrected chi connectivity index (χ3v) is 6.51. The molecule has 40 heavy (non-hydrogen) atoms. The van der Waals surface area contributed by atoms with Gasteiger partial charge in [0.05, 0.1) is 0 Å². The molecule has 6 aromatic rings. The summed E-state index contributed by atoms with van der Waals surface area (Å²) in [5, 5.41) is 2.05. The molecule has 1 aliphatic heterocycles. The Kier molecular flexibility index (Phi) is 7.02. The molecule has 6 nitrogen and oxygen atoms in total. The van der Waals surface area contributed by atoms with E-state index in [1.54, 1.807) is 6.20 Å². The zero-order chi connectivity index (χ0) is 26.2. The molecule has 0 saturated heterocycles. The smallest absolute Gasteiger partial charge is 0.216 e. The van der Waals surface area contributed by atoms with Crippen LogP contribution < -0.4 is 14.5 Å². The van der Waals surface area contributed by atoms with E-state index in [2.05, 4.69) is 46.3 Å². The monoisotopic (exact) mass is 702 g/mol. The van der Waals surface area contributed by atoms with Gasteiger partial charge in [0.1, 0.15) is 5.58 Å². The molecule has 0 bridgehead atoms. The molecule has 0 atom stereocenters.